The predicted molar refractivity (Wildman–Crippen MR) is 104 cm³/mol. The van der Waals surface area contributed by atoms with Gasteiger partial charge in [0.25, 0.3) is 0 Å². The number of hydrogen-bond donors (Lipinski definition) is 0. The minimum absolute atomic E-state index is 0.0203. The zero-order valence-corrected chi connectivity index (χ0v) is 16.5. The number of ether oxygens (including phenoxy) is 1. The molecule has 2 aliphatic rings. The zero-order valence-electron chi connectivity index (χ0n) is 16.5. The Labute approximate surface area is 148 Å². The van der Waals surface area contributed by atoms with Gasteiger partial charge >= 0.3 is 0 Å². The number of rotatable bonds is 0. The first-order valence-electron chi connectivity index (χ1n) is 9.13. The van der Waals surface area contributed by atoms with Gasteiger partial charge in [-0.2, -0.15) is 0 Å². The molecule has 0 amide bonds. The van der Waals surface area contributed by atoms with E-state index in [1.807, 2.05) is 13.8 Å². The average molecular weight is 325 g/mol. The van der Waals surface area contributed by atoms with Crippen molar-refractivity contribution in [2.45, 2.75) is 60.8 Å². The van der Waals surface area contributed by atoms with E-state index in [1.54, 1.807) is 0 Å². The minimum Gasteiger partial charge on any atom is -0.457 e. The van der Waals surface area contributed by atoms with Crippen molar-refractivity contribution in [1.82, 2.24) is 0 Å². The highest BCUT2D eigenvalue weighted by Crippen LogP contribution is 2.67. The Bertz CT molecular complexity index is 681. The molecular weight excluding hydrogens is 292 g/mol. The highest BCUT2D eigenvalue weighted by atomic mass is 16.5. The fraction of sp³-hybridized carbons (Fsp3) is 0.478. The molecule has 1 aromatic carbocycles. The molecule has 0 atom stereocenters. The Hall–Kier alpha value is -1.76. The molecular formula is C23H32O. The third-order valence-electron chi connectivity index (χ3n) is 5.58. The zero-order chi connectivity index (χ0) is 18.2. The van der Waals surface area contributed by atoms with Crippen LogP contribution in [-0.4, -0.2) is 0 Å². The quantitative estimate of drug-likeness (QED) is 0.476. The summed E-state index contributed by atoms with van der Waals surface area (Å²) in [6.45, 7) is 17.6. The smallest absolute Gasteiger partial charge is 0.131 e. The Morgan fingerprint density at radius 3 is 1.88 bits per heavy atom. The molecule has 1 aliphatic carbocycles. The summed E-state index contributed by atoms with van der Waals surface area (Å²) >= 11 is 0. The fourth-order valence-corrected chi connectivity index (χ4v) is 4.83. The van der Waals surface area contributed by atoms with Crippen molar-refractivity contribution < 1.29 is 4.74 Å². The summed E-state index contributed by atoms with van der Waals surface area (Å²) in [5.41, 5.74) is 2.53. The van der Waals surface area contributed by atoms with E-state index >= 15 is 0 Å². The number of para-hydroxylation sites is 1. The molecule has 0 saturated carbocycles. The molecule has 0 aromatic heterocycles. The molecule has 0 bridgehead atoms. The van der Waals surface area contributed by atoms with E-state index in [0.717, 1.165) is 11.5 Å². The van der Waals surface area contributed by atoms with Gasteiger partial charge in [-0.3, -0.25) is 0 Å². The second-order valence-corrected chi connectivity index (χ2v) is 7.48. The lowest BCUT2D eigenvalue weighted by molar-refractivity contribution is 0.141. The van der Waals surface area contributed by atoms with Gasteiger partial charge in [-0.25, -0.2) is 0 Å². The van der Waals surface area contributed by atoms with Gasteiger partial charge < -0.3 is 4.74 Å². The van der Waals surface area contributed by atoms with E-state index in [1.165, 1.54) is 11.1 Å². The molecule has 1 spiro atoms. The van der Waals surface area contributed by atoms with E-state index in [4.69, 9.17) is 4.74 Å². The highest BCUT2D eigenvalue weighted by Gasteiger charge is 2.62. The third-order valence-corrected chi connectivity index (χ3v) is 5.58. The molecule has 1 aliphatic heterocycles. The van der Waals surface area contributed by atoms with E-state index in [0.29, 0.717) is 0 Å². The van der Waals surface area contributed by atoms with Crippen LogP contribution in [0, 0.1) is 10.8 Å². The number of fused-ring (bicyclic) bond motifs is 2. The largest absolute Gasteiger partial charge is 0.457 e. The fourth-order valence-electron chi connectivity index (χ4n) is 4.83. The van der Waals surface area contributed by atoms with Crippen molar-refractivity contribution in [2.24, 2.45) is 10.8 Å². The Balaban J connectivity index is 0.00000100. The first-order valence-corrected chi connectivity index (χ1v) is 9.13. The van der Waals surface area contributed by atoms with Crippen LogP contribution in [0.4, 0.5) is 0 Å². The van der Waals surface area contributed by atoms with E-state index in [2.05, 4.69) is 90.1 Å². The summed E-state index contributed by atoms with van der Waals surface area (Å²) in [6.07, 6.45) is 9.09. The number of allylic oxidation sites excluding steroid dienone is 5. The number of hydrogen-bond acceptors (Lipinski definition) is 1. The molecule has 0 N–H and O–H groups in total. The van der Waals surface area contributed by atoms with Crippen LogP contribution in [0.3, 0.4) is 0 Å². The maximum Gasteiger partial charge on any atom is 0.131 e. The molecule has 1 nitrogen and oxygen atoms in total. The molecule has 1 heterocycles. The second-order valence-electron chi connectivity index (χ2n) is 7.48. The first kappa shape index (κ1) is 18.6. The van der Waals surface area contributed by atoms with Gasteiger partial charge in [-0.05, 0) is 36.8 Å². The van der Waals surface area contributed by atoms with Crippen molar-refractivity contribution in [1.29, 1.82) is 0 Å². The minimum atomic E-state index is -0.106. The van der Waals surface area contributed by atoms with Crippen molar-refractivity contribution in [3.63, 3.8) is 0 Å². The van der Waals surface area contributed by atoms with Crippen LogP contribution in [0.25, 0.3) is 0 Å². The standard InChI is InChI=1S/C21H26O.C2H6/c1-7-15-17(8-2)22-18-12-10-9-11-16(18)21(15)19(3,4)13-14-20(21,5)6;1-2/h7-14H,1-6H3;1-2H3/b15-7+,17-8+;. The SMILES string of the molecule is C/C=C1\C(=C/C)Oc2ccccc2C12C(C)(C)C=CC2(C)C.CC. The highest BCUT2D eigenvalue weighted by molar-refractivity contribution is 5.62. The van der Waals surface area contributed by atoms with Crippen LogP contribution >= 0.6 is 0 Å². The van der Waals surface area contributed by atoms with Gasteiger partial charge in [0.2, 0.25) is 0 Å². The molecule has 0 fully saturated rings. The third kappa shape index (κ3) is 2.21. The number of benzene rings is 1. The van der Waals surface area contributed by atoms with Crippen LogP contribution in [0.1, 0.15) is 61.0 Å². The average Bonchev–Trinajstić information content (AvgIpc) is 2.77. The maximum atomic E-state index is 6.22. The van der Waals surface area contributed by atoms with Crippen LogP contribution in [0.15, 0.2) is 59.9 Å². The molecule has 1 heteroatoms. The Morgan fingerprint density at radius 1 is 0.833 bits per heavy atom. The van der Waals surface area contributed by atoms with Gasteiger partial charge in [0.15, 0.2) is 0 Å². The Morgan fingerprint density at radius 2 is 1.38 bits per heavy atom. The summed E-state index contributed by atoms with van der Waals surface area (Å²) in [6, 6.07) is 8.52. The molecule has 0 unspecified atom stereocenters. The molecule has 0 saturated heterocycles. The summed E-state index contributed by atoms with van der Waals surface area (Å²) in [5, 5.41) is 0. The van der Waals surface area contributed by atoms with Crippen molar-refractivity contribution in [3.05, 3.63) is 65.5 Å². The normalized spacial score (nSPS) is 25.2. The lowest BCUT2D eigenvalue weighted by atomic mass is 9.50. The molecule has 130 valence electrons. The van der Waals surface area contributed by atoms with Gasteiger partial charge in [-0.1, -0.05) is 78.0 Å². The second kappa shape index (κ2) is 6.27. The molecule has 24 heavy (non-hydrogen) atoms. The topological polar surface area (TPSA) is 9.23 Å². The predicted octanol–water partition coefficient (Wildman–Crippen LogP) is 6.82. The molecule has 1 aromatic rings. The summed E-state index contributed by atoms with van der Waals surface area (Å²) in [5.74, 6) is 1.98. The maximum absolute atomic E-state index is 6.22. The summed E-state index contributed by atoms with van der Waals surface area (Å²) in [7, 11) is 0. The van der Waals surface area contributed by atoms with Gasteiger partial charge in [0.1, 0.15) is 11.5 Å². The van der Waals surface area contributed by atoms with E-state index in [-0.39, 0.29) is 16.2 Å². The van der Waals surface area contributed by atoms with Crippen LogP contribution in [0.2, 0.25) is 0 Å². The van der Waals surface area contributed by atoms with Gasteiger partial charge in [-0.15, -0.1) is 0 Å². The summed E-state index contributed by atoms with van der Waals surface area (Å²) < 4.78 is 6.22. The molecule has 0 radical (unpaired) electrons. The van der Waals surface area contributed by atoms with E-state index in [9.17, 15) is 0 Å². The van der Waals surface area contributed by atoms with Crippen molar-refractivity contribution >= 4 is 0 Å². The van der Waals surface area contributed by atoms with Crippen molar-refractivity contribution in [3.8, 4) is 5.75 Å². The van der Waals surface area contributed by atoms with Crippen LogP contribution in [-0.2, 0) is 5.41 Å². The monoisotopic (exact) mass is 324 g/mol. The molecule has 3 rings (SSSR count). The van der Waals surface area contributed by atoms with E-state index < -0.39 is 0 Å². The van der Waals surface area contributed by atoms with Gasteiger partial charge in [0, 0.05) is 16.6 Å². The van der Waals surface area contributed by atoms with Crippen LogP contribution < -0.4 is 4.74 Å². The summed E-state index contributed by atoms with van der Waals surface area (Å²) in [4.78, 5) is 0. The van der Waals surface area contributed by atoms with Crippen LogP contribution in [0.5, 0.6) is 5.75 Å². The first-order chi connectivity index (χ1) is 11.3. The lowest BCUT2D eigenvalue weighted by Crippen LogP contribution is -2.51. The van der Waals surface area contributed by atoms with Gasteiger partial charge in [0.05, 0.1) is 0 Å². The lowest BCUT2D eigenvalue weighted by Gasteiger charge is -2.54. The van der Waals surface area contributed by atoms with Crippen molar-refractivity contribution in [2.75, 3.05) is 0 Å². The Kier molecular flexibility index (Phi) is 4.86.